The van der Waals surface area contributed by atoms with Gasteiger partial charge >= 0.3 is 0 Å². The van der Waals surface area contributed by atoms with Crippen LogP contribution in [0.4, 0.5) is 5.69 Å². The summed E-state index contributed by atoms with van der Waals surface area (Å²) in [5.74, 6) is -0.115. The van der Waals surface area contributed by atoms with Gasteiger partial charge in [-0.2, -0.15) is 5.10 Å². The summed E-state index contributed by atoms with van der Waals surface area (Å²) in [6.07, 6.45) is 5.56. The Morgan fingerprint density at radius 3 is 2.79 bits per heavy atom. The maximum atomic E-state index is 12.7. The number of H-pyrrole nitrogens is 1. The van der Waals surface area contributed by atoms with E-state index in [-0.39, 0.29) is 5.91 Å². The highest BCUT2D eigenvalue weighted by atomic mass is 32.1. The van der Waals surface area contributed by atoms with Crippen molar-refractivity contribution < 1.29 is 4.79 Å². The average Bonchev–Trinajstić information content (AvgIpc) is 3.35. The quantitative estimate of drug-likeness (QED) is 0.588. The highest BCUT2D eigenvalue weighted by molar-refractivity contribution is 7.12. The van der Waals surface area contributed by atoms with Gasteiger partial charge in [0.25, 0.3) is 5.91 Å². The van der Waals surface area contributed by atoms with Crippen molar-refractivity contribution in [1.29, 1.82) is 0 Å². The first kappa shape index (κ1) is 14.5. The van der Waals surface area contributed by atoms with Crippen molar-refractivity contribution in [3.05, 3.63) is 77.4 Å². The normalized spacial score (nSPS) is 10.7. The number of nitrogens with zero attached hydrogens (tertiary/aromatic N) is 2. The van der Waals surface area contributed by atoms with E-state index < -0.39 is 0 Å². The molecule has 0 atom stereocenters. The third-order valence-corrected chi connectivity index (χ3v) is 4.57. The van der Waals surface area contributed by atoms with Gasteiger partial charge in [0.1, 0.15) is 4.88 Å². The number of amides is 1. The van der Waals surface area contributed by atoms with E-state index in [0.717, 1.165) is 22.6 Å². The predicted molar refractivity (Wildman–Crippen MR) is 95.6 cm³/mol. The number of carbonyl (C=O) groups excluding carboxylic acids is 1. The first-order chi connectivity index (χ1) is 11.8. The van der Waals surface area contributed by atoms with Crippen LogP contribution < -0.4 is 5.32 Å². The Balaban J connectivity index is 1.60. The number of aromatic nitrogens is 3. The molecule has 0 fully saturated rings. The minimum Gasteiger partial charge on any atom is -0.322 e. The monoisotopic (exact) mass is 334 g/mol. The first-order valence-corrected chi connectivity index (χ1v) is 8.31. The Labute approximate surface area is 142 Å². The zero-order chi connectivity index (χ0) is 16.4. The Bertz CT molecular complexity index is 955. The molecular weight excluding hydrogens is 320 g/mol. The molecule has 0 bridgehead atoms. The van der Waals surface area contributed by atoms with Gasteiger partial charge in [-0.15, -0.1) is 11.3 Å². The van der Waals surface area contributed by atoms with Crippen LogP contribution >= 0.6 is 11.3 Å². The summed E-state index contributed by atoms with van der Waals surface area (Å²) in [4.78, 5) is 13.3. The van der Waals surface area contributed by atoms with Gasteiger partial charge < -0.3 is 9.88 Å². The number of aromatic amines is 1. The average molecular weight is 334 g/mol. The molecule has 0 unspecified atom stereocenters. The number of hydrogen-bond acceptors (Lipinski definition) is 3. The highest BCUT2D eigenvalue weighted by Crippen LogP contribution is 2.24. The summed E-state index contributed by atoms with van der Waals surface area (Å²) in [7, 11) is 0. The molecule has 0 radical (unpaired) electrons. The molecular formula is C18H14N4OS. The van der Waals surface area contributed by atoms with Gasteiger partial charge in [-0.3, -0.25) is 9.89 Å². The lowest BCUT2D eigenvalue weighted by atomic mass is 10.1. The van der Waals surface area contributed by atoms with Crippen LogP contribution in [0.15, 0.2) is 72.5 Å². The fourth-order valence-corrected chi connectivity index (χ4v) is 3.33. The molecule has 0 spiro atoms. The molecule has 3 heterocycles. The zero-order valence-electron chi connectivity index (χ0n) is 12.6. The molecule has 24 heavy (non-hydrogen) atoms. The molecule has 1 amide bonds. The molecule has 0 aliphatic heterocycles. The number of benzene rings is 1. The fraction of sp³-hybridized carbons (Fsp3) is 0. The minimum absolute atomic E-state index is 0.115. The predicted octanol–water partition coefficient (Wildman–Crippen LogP) is 4.18. The largest absolute Gasteiger partial charge is 0.322 e. The molecule has 4 rings (SSSR count). The van der Waals surface area contributed by atoms with Gasteiger partial charge in [-0.1, -0.05) is 12.1 Å². The standard InChI is InChI=1S/C18H14N4OS/c23-18(17-16(7-11-24-17)22-9-1-2-10-22)20-14-5-3-4-13(12-14)15-6-8-19-21-15/h1-12H,(H,19,21)(H,20,23). The second kappa shape index (κ2) is 6.17. The lowest BCUT2D eigenvalue weighted by molar-refractivity contribution is 0.103. The molecule has 118 valence electrons. The number of thiophene rings is 1. The van der Waals surface area contributed by atoms with Crippen LogP contribution in [0.2, 0.25) is 0 Å². The minimum atomic E-state index is -0.115. The van der Waals surface area contributed by atoms with E-state index in [9.17, 15) is 4.79 Å². The number of rotatable bonds is 4. The van der Waals surface area contributed by atoms with Crippen LogP contribution in [-0.2, 0) is 0 Å². The molecule has 2 N–H and O–H groups in total. The van der Waals surface area contributed by atoms with Crippen LogP contribution in [0, 0.1) is 0 Å². The summed E-state index contributed by atoms with van der Waals surface area (Å²) >= 11 is 1.43. The molecule has 1 aromatic carbocycles. The Morgan fingerprint density at radius 1 is 1.12 bits per heavy atom. The highest BCUT2D eigenvalue weighted by Gasteiger charge is 2.14. The second-order valence-corrected chi connectivity index (χ2v) is 6.15. The molecule has 0 saturated heterocycles. The van der Waals surface area contributed by atoms with Gasteiger partial charge in [0.15, 0.2) is 0 Å². The van der Waals surface area contributed by atoms with Crippen molar-refractivity contribution in [2.45, 2.75) is 0 Å². The van der Waals surface area contributed by atoms with E-state index in [1.807, 2.05) is 70.9 Å². The maximum absolute atomic E-state index is 12.7. The number of anilines is 1. The number of hydrogen-bond donors (Lipinski definition) is 2. The molecule has 0 saturated carbocycles. The van der Waals surface area contributed by atoms with Crippen molar-refractivity contribution in [2.24, 2.45) is 0 Å². The van der Waals surface area contributed by atoms with Crippen molar-refractivity contribution in [3.63, 3.8) is 0 Å². The fourth-order valence-electron chi connectivity index (χ4n) is 2.54. The van der Waals surface area contributed by atoms with Crippen LogP contribution in [0.1, 0.15) is 9.67 Å². The molecule has 5 nitrogen and oxygen atoms in total. The Hall–Kier alpha value is -3.12. The topological polar surface area (TPSA) is 62.7 Å². The summed E-state index contributed by atoms with van der Waals surface area (Å²) in [6, 6.07) is 15.4. The van der Waals surface area contributed by atoms with Gasteiger partial charge in [0, 0.05) is 29.8 Å². The molecule has 6 heteroatoms. The van der Waals surface area contributed by atoms with Gasteiger partial charge in [-0.25, -0.2) is 0 Å². The Morgan fingerprint density at radius 2 is 2.00 bits per heavy atom. The van der Waals surface area contributed by atoms with E-state index in [0.29, 0.717) is 4.88 Å². The third-order valence-electron chi connectivity index (χ3n) is 3.67. The molecule has 0 aliphatic rings. The second-order valence-electron chi connectivity index (χ2n) is 5.23. The van der Waals surface area contributed by atoms with E-state index >= 15 is 0 Å². The zero-order valence-corrected chi connectivity index (χ0v) is 13.5. The van der Waals surface area contributed by atoms with Crippen molar-refractivity contribution in [2.75, 3.05) is 5.32 Å². The van der Waals surface area contributed by atoms with Crippen molar-refractivity contribution in [1.82, 2.24) is 14.8 Å². The first-order valence-electron chi connectivity index (χ1n) is 7.43. The maximum Gasteiger partial charge on any atom is 0.267 e. The molecule has 0 aliphatic carbocycles. The summed E-state index contributed by atoms with van der Waals surface area (Å²) in [5, 5.41) is 11.8. The smallest absolute Gasteiger partial charge is 0.267 e. The van der Waals surface area contributed by atoms with E-state index in [2.05, 4.69) is 15.5 Å². The number of nitrogens with one attached hydrogen (secondary N) is 2. The van der Waals surface area contributed by atoms with Crippen LogP contribution in [0.3, 0.4) is 0 Å². The van der Waals surface area contributed by atoms with E-state index in [4.69, 9.17) is 0 Å². The van der Waals surface area contributed by atoms with E-state index in [1.54, 1.807) is 6.20 Å². The number of carbonyl (C=O) groups is 1. The lowest BCUT2D eigenvalue weighted by Crippen LogP contribution is -2.12. The van der Waals surface area contributed by atoms with Crippen LogP contribution in [0.25, 0.3) is 16.9 Å². The summed E-state index contributed by atoms with van der Waals surface area (Å²) < 4.78 is 1.94. The summed E-state index contributed by atoms with van der Waals surface area (Å²) in [5.41, 5.74) is 3.52. The third kappa shape index (κ3) is 2.75. The summed E-state index contributed by atoms with van der Waals surface area (Å²) in [6.45, 7) is 0. The van der Waals surface area contributed by atoms with Crippen molar-refractivity contribution in [3.8, 4) is 16.9 Å². The molecule has 4 aromatic rings. The van der Waals surface area contributed by atoms with Gasteiger partial charge in [-0.05, 0) is 41.8 Å². The SMILES string of the molecule is O=C(Nc1cccc(-c2ccn[nH]2)c1)c1sccc1-n1cccc1. The Kier molecular flexibility index (Phi) is 3.72. The molecule has 3 aromatic heterocycles. The van der Waals surface area contributed by atoms with E-state index in [1.165, 1.54) is 11.3 Å². The van der Waals surface area contributed by atoms with Gasteiger partial charge in [0.2, 0.25) is 0 Å². The van der Waals surface area contributed by atoms with Gasteiger partial charge in [0.05, 0.1) is 11.4 Å². The van der Waals surface area contributed by atoms with Crippen LogP contribution in [0.5, 0.6) is 0 Å². The van der Waals surface area contributed by atoms with Crippen LogP contribution in [-0.4, -0.2) is 20.7 Å². The van der Waals surface area contributed by atoms with Crippen molar-refractivity contribution >= 4 is 22.9 Å². The lowest BCUT2D eigenvalue weighted by Gasteiger charge is -2.08.